The average molecular weight is 467 g/mol. The number of benzene rings is 2. The molecule has 1 amide bonds. The van der Waals surface area contributed by atoms with Crippen LogP contribution in [0.3, 0.4) is 0 Å². The molecule has 1 aromatic heterocycles. The van der Waals surface area contributed by atoms with Gasteiger partial charge in [-0.25, -0.2) is 4.98 Å². The predicted molar refractivity (Wildman–Crippen MR) is 127 cm³/mol. The Balaban J connectivity index is 1.13. The van der Waals surface area contributed by atoms with Gasteiger partial charge in [-0.15, -0.1) is 11.3 Å². The van der Waals surface area contributed by atoms with E-state index in [1.165, 1.54) is 16.9 Å². The second-order valence-corrected chi connectivity index (χ2v) is 8.73. The number of aromatic nitrogens is 1. The third-order valence-electron chi connectivity index (χ3n) is 5.64. The summed E-state index contributed by atoms with van der Waals surface area (Å²) in [5, 5.41) is 5.77. The van der Waals surface area contributed by atoms with Crippen molar-refractivity contribution in [1.29, 1.82) is 0 Å². The van der Waals surface area contributed by atoms with Crippen LogP contribution in [0.5, 0.6) is 17.2 Å². The fraction of sp³-hybridized carbons (Fsp3) is 0.333. The Morgan fingerprint density at radius 3 is 2.67 bits per heavy atom. The van der Waals surface area contributed by atoms with Crippen molar-refractivity contribution in [2.24, 2.45) is 0 Å². The molecule has 0 aliphatic carbocycles. The highest BCUT2D eigenvalue weighted by Crippen LogP contribution is 2.33. The third-order valence-corrected chi connectivity index (χ3v) is 6.40. The van der Waals surface area contributed by atoms with E-state index in [-0.39, 0.29) is 12.7 Å². The molecule has 2 aliphatic rings. The number of fused-ring (bicyclic) bond motifs is 1. The molecule has 33 heavy (non-hydrogen) atoms. The first-order valence-electron chi connectivity index (χ1n) is 11.0. The van der Waals surface area contributed by atoms with E-state index in [9.17, 15) is 4.79 Å². The summed E-state index contributed by atoms with van der Waals surface area (Å²) in [4.78, 5) is 21.7. The fourth-order valence-electron chi connectivity index (χ4n) is 3.92. The van der Waals surface area contributed by atoms with E-state index in [1.54, 1.807) is 0 Å². The van der Waals surface area contributed by atoms with Gasteiger partial charge >= 0.3 is 0 Å². The predicted octanol–water partition coefficient (Wildman–Crippen LogP) is 3.97. The molecule has 1 saturated heterocycles. The van der Waals surface area contributed by atoms with Crippen molar-refractivity contribution >= 4 is 28.1 Å². The zero-order valence-corrected chi connectivity index (χ0v) is 19.3. The third kappa shape index (κ3) is 5.04. The molecule has 9 heteroatoms. The summed E-state index contributed by atoms with van der Waals surface area (Å²) in [7, 11) is 0. The van der Waals surface area contributed by atoms with Crippen molar-refractivity contribution in [2.45, 2.75) is 13.5 Å². The normalized spacial score (nSPS) is 15.5. The molecule has 3 aromatic rings. The number of amides is 1. The minimum atomic E-state index is -0.0197. The second kappa shape index (κ2) is 9.68. The maximum atomic E-state index is 13.0. The van der Waals surface area contributed by atoms with Crippen molar-refractivity contribution in [3.8, 4) is 17.2 Å². The Hall–Kier alpha value is -3.30. The van der Waals surface area contributed by atoms with Gasteiger partial charge in [0.25, 0.3) is 5.91 Å². The molecular formula is C24H26N4O4S. The molecule has 0 radical (unpaired) electrons. The number of nitrogens with zero attached hydrogens (tertiary/aromatic N) is 3. The first kappa shape index (κ1) is 21.5. The van der Waals surface area contributed by atoms with Gasteiger partial charge in [-0.2, -0.15) is 0 Å². The molecule has 3 heterocycles. The van der Waals surface area contributed by atoms with Gasteiger partial charge in [-0.3, -0.25) is 9.69 Å². The zero-order chi connectivity index (χ0) is 22.6. The van der Waals surface area contributed by atoms with Crippen LogP contribution in [0.4, 0.5) is 10.8 Å². The van der Waals surface area contributed by atoms with Gasteiger partial charge in [0.15, 0.2) is 16.6 Å². The first-order valence-corrected chi connectivity index (χ1v) is 11.9. The molecule has 172 valence electrons. The van der Waals surface area contributed by atoms with E-state index in [0.717, 1.165) is 42.6 Å². The zero-order valence-electron chi connectivity index (χ0n) is 18.5. The molecule has 0 saturated carbocycles. The number of anilines is 2. The standard InChI is InChI=1S/C24H26N4O4S/c1-2-30-19-6-4-18(5-7-19)25-24-26-20(15-33-24)23(29)28-11-9-27(10-12-28)14-17-3-8-21-22(13-17)32-16-31-21/h3-8,13,15H,2,9-12,14,16H2,1H3,(H,25,26). The van der Waals surface area contributed by atoms with E-state index in [0.29, 0.717) is 30.5 Å². The molecule has 0 unspecified atom stereocenters. The quantitative estimate of drug-likeness (QED) is 0.565. The second-order valence-electron chi connectivity index (χ2n) is 7.88. The summed E-state index contributed by atoms with van der Waals surface area (Å²) in [5.41, 5.74) is 2.57. The first-order chi connectivity index (χ1) is 16.2. The molecule has 0 spiro atoms. The van der Waals surface area contributed by atoms with E-state index < -0.39 is 0 Å². The minimum absolute atomic E-state index is 0.0197. The molecular weight excluding hydrogens is 440 g/mol. The summed E-state index contributed by atoms with van der Waals surface area (Å²) < 4.78 is 16.3. The van der Waals surface area contributed by atoms with Gasteiger partial charge < -0.3 is 24.4 Å². The van der Waals surface area contributed by atoms with Gasteiger partial charge in [0.2, 0.25) is 6.79 Å². The van der Waals surface area contributed by atoms with Crippen molar-refractivity contribution in [3.63, 3.8) is 0 Å². The summed E-state index contributed by atoms with van der Waals surface area (Å²) in [5.74, 6) is 2.41. The Morgan fingerprint density at radius 1 is 1.09 bits per heavy atom. The number of piperazine rings is 1. The number of rotatable bonds is 7. The molecule has 2 aromatic carbocycles. The SMILES string of the molecule is CCOc1ccc(Nc2nc(C(=O)N3CCN(Cc4ccc5c(c4)OCO5)CC3)cs2)cc1. The number of thiazole rings is 1. The summed E-state index contributed by atoms with van der Waals surface area (Å²) >= 11 is 1.43. The Bertz CT molecular complexity index is 1110. The number of carbonyl (C=O) groups excluding carboxylic acids is 1. The van der Waals surface area contributed by atoms with Crippen LogP contribution in [0.1, 0.15) is 23.0 Å². The molecule has 8 nitrogen and oxygen atoms in total. The maximum absolute atomic E-state index is 13.0. The van der Waals surface area contributed by atoms with Crippen LogP contribution in [0, 0.1) is 0 Å². The van der Waals surface area contributed by atoms with Crippen molar-refractivity contribution in [3.05, 3.63) is 59.1 Å². The number of hydrogen-bond acceptors (Lipinski definition) is 8. The summed E-state index contributed by atoms with van der Waals surface area (Å²) in [6.45, 7) is 6.71. The molecule has 5 rings (SSSR count). The Morgan fingerprint density at radius 2 is 1.88 bits per heavy atom. The largest absolute Gasteiger partial charge is 0.494 e. The lowest BCUT2D eigenvalue weighted by atomic mass is 10.1. The lowest BCUT2D eigenvalue weighted by Gasteiger charge is -2.34. The highest BCUT2D eigenvalue weighted by atomic mass is 32.1. The van der Waals surface area contributed by atoms with Crippen LogP contribution in [0.2, 0.25) is 0 Å². The van der Waals surface area contributed by atoms with Gasteiger partial charge in [0, 0.05) is 43.8 Å². The van der Waals surface area contributed by atoms with E-state index >= 15 is 0 Å². The fourth-order valence-corrected chi connectivity index (χ4v) is 4.63. The van der Waals surface area contributed by atoms with Gasteiger partial charge in [0.05, 0.1) is 6.61 Å². The molecule has 1 N–H and O–H groups in total. The van der Waals surface area contributed by atoms with Crippen molar-refractivity contribution in [1.82, 2.24) is 14.8 Å². The average Bonchev–Trinajstić information content (AvgIpc) is 3.50. The van der Waals surface area contributed by atoms with Crippen LogP contribution in [-0.2, 0) is 6.54 Å². The monoisotopic (exact) mass is 466 g/mol. The van der Waals surface area contributed by atoms with Crippen LogP contribution in [0.15, 0.2) is 47.8 Å². The topological polar surface area (TPSA) is 76.2 Å². The highest BCUT2D eigenvalue weighted by Gasteiger charge is 2.24. The van der Waals surface area contributed by atoms with Gasteiger partial charge in [0.1, 0.15) is 11.4 Å². The van der Waals surface area contributed by atoms with Crippen LogP contribution in [-0.4, -0.2) is 60.3 Å². The molecule has 1 fully saturated rings. The lowest BCUT2D eigenvalue weighted by molar-refractivity contribution is 0.0623. The number of carbonyl (C=O) groups is 1. The van der Waals surface area contributed by atoms with Gasteiger partial charge in [-0.1, -0.05) is 6.07 Å². The van der Waals surface area contributed by atoms with Crippen molar-refractivity contribution in [2.75, 3.05) is 44.9 Å². The van der Waals surface area contributed by atoms with E-state index in [2.05, 4.69) is 21.3 Å². The van der Waals surface area contributed by atoms with Gasteiger partial charge in [-0.05, 0) is 48.9 Å². The Kier molecular flexibility index (Phi) is 6.32. The van der Waals surface area contributed by atoms with Crippen LogP contribution >= 0.6 is 11.3 Å². The Labute approximate surface area is 196 Å². The van der Waals surface area contributed by atoms with E-state index in [4.69, 9.17) is 14.2 Å². The molecule has 0 bridgehead atoms. The summed E-state index contributed by atoms with van der Waals surface area (Å²) in [6, 6.07) is 13.8. The highest BCUT2D eigenvalue weighted by molar-refractivity contribution is 7.14. The van der Waals surface area contributed by atoms with Crippen LogP contribution < -0.4 is 19.5 Å². The molecule has 0 atom stereocenters. The van der Waals surface area contributed by atoms with Crippen molar-refractivity contribution < 1.29 is 19.0 Å². The minimum Gasteiger partial charge on any atom is -0.494 e. The maximum Gasteiger partial charge on any atom is 0.273 e. The smallest absolute Gasteiger partial charge is 0.273 e. The lowest BCUT2D eigenvalue weighted by Crippen LogP contribution is -2.48. The summed E-state index contributed by atoms with van der Waals surface area (Å²) in [6.07, 6.45) is 0. The number of nitrogens with one attached hydrogen (secondary N) is 1. The number of ether oxygens (including phenoxy) is 3. The van der Waals surface area contributed by atoms with Crippen LogP contribution in [0.25, 0.3) is 0 Å². The number of hydrogen-bond donors (Lipinski definition) is 1. The molecule has 2 aliphatic heterocycles. The van der Waals surface area contributed by atoms with E-state index in [1.807, 2.05) is 53.6 Å².